The average Bonchev–Trinajstić information content (AvgIpc) is 2.58. The van der Waals surface area contributed by atoms with Crippen molar-refractivity contribution in [3.05, 3.63) is 29.6 Å². The van der Waals surface area contributed by atoms with Crippen LogP contribution in [0.4, 0.5) is 13.2 Å². The van der Waals surface area contributed by atoms with Crippen molar-refractivity contribution in [1.29, 1.82) is 0 Å². The summed E-state index contributed by atoms with van der Waals surface area (Å²) in [4.78, 5) is 1.14. The minimum Gasteiger partial charge on any atom is -0.396 e. The van der Waals surface area contributed by atoms with E-state index >= 15 is 0 Å². The number of halogens is 3. The van der Waals surface area contributed by atoms with Crippen molar-refractivity contribution >= 4 is 10.0 Å². The largest absolute Gasteiger partial charge is 0.396 e. The second kappa shape index (κ2) is 6.53. The molecule has 2 heterocycles. The third kappa shape index (κ3) is 3.07. The lowest BCUT2D eigenvalue weighted by molar-refractivity contribution is -0.0508. The number of benzene rings is 1. The fourth-order valence-electron chi connectivity index (χ4n) is 4.05. The second-order valence-corrected chi connectivity index (χ2v) is 8.84. The minimum absolute atomic E-state index is 0.0462. The standard InChI is InChI=1S/C16H21F3N2O3S/c1-20-5-2-3-16(10-22)4-6-21(9-15(16)20)25(23,24)14-8-12(18)11(17)7-13(14)19/h7-8,15,22H,2-6,9-10H2,1H3/t15-,16-/m1/s1. The Kier molecular flexibility index (Phi) is 4.87. The lowest BCUT2D eigenvalue weighted by Crippen LogP contribution is -2.62. The Morgan fingerprint density at radius 2 is 1.84 bits per heavy atom. The highest BCUT2D eigenvalue weighted by atomic mass is 32.2. The highest BCUT2D eigenvalue weighted by molar-refractivity contribution is 7.89. The maximum Gasteiger partial charge on any atom is 0.246 e. The SMILES string of the molecule is CN1CCC[C@]2(CO)CCN(S(=O)(=O)c3cc(F)c(F)cc3F)C[C@@H]12. The molecule has 0 radical (unpaired) electrons. The van der Waals surface area contributed by atoms with Crippen LogP contribution in [-0.2, 0) is 10.0 Å². The number of likely N-dealkylation sites (tertiary alicyclic amines) is 1. The monoisotopic (exact) mass is 378 g/mol. The molecule has 0 saturated carbocycles. The van der Waals surface area contributed by atoms with Gasteiger partial charge < -0.3 is 10.0 Å². The summed E-state index contributed by atoms with van der Waals surface area (Å²) in [6, 6.07) is 0.429. The van der Waals surface area contributed by atoms with E-state index in [-0.39, 0.29) is 37.2 Å². The first-order chi connectivity index (χ1) is 11.7. The maximum absolute atomic E-state index is 14.0. The lowest BCUT2D eigenvalue weighted by atomic mass is 9.69. The van der Waals surface area contributed by atoms with Gasteiger partial charge in [0, 0.05) is 30.6 Å². The van der Waals surface area contributed by atoms with E-state index in [1.54, 1.807) is 0 Å². The van der Waals surface area contributed by atoms with Gasteiger partial charge in [0.05, 0.1) is 6.61 Å². The number of rotatable bonds is 3. The summed E-state index contributed by atoms with van der Waals surface area (Å²) in [5, 5.41) is 9.87. The number of sulfonamides is 1. The molecule has 2 fully saturated rings. The van der Waals surface area contributed by atoms with Gasteiger partial charge in [0.2, 0.25) is 10.0 Å². The summed E-state index contributed by atoms with van der Waals surface area (Å²) in [6.45, 7) is 0.915. The van der Waals surface area contributed by atoms with Crippen molar-refractivity contribution in [3.8, 4) is 0 Å². The van der Waals surface area contributed by atoms with Crippen LogP contribution in [0.3, 0.4) is 0 Å². The first-order valence-electron chi connectivity index (χ1n) is 8.17. The Hall–Kier alpha value is -1.16. The second-order valence-electron chi connectivity index (χ2n) is 6.93. The molecule has 0 bridgehead atoms. The predicted molar refractivity (Wildman–Crippen MR) is 84.9 cm³/mol. The Balaban J connectivity index is 1.93. The van der Waals surface area contributed by atoms with Crippen LogP contribution < -0.4 is 0 Å². The summed E-state index contributed by atoms with van der Waals surface area (Å²) in [6.07, 6.45) is 2.15. The zero-order valence-corrected chi connectivity index (χ0v) is 14.7. The van der Waals surface area contributed by atoms with Gasteiger partial charge in [0.25, 0.3) is 0 Å². The third-order valence-corrected chi connectivity index (χ3v) is 7.45. The average molecular weight is 378 g/mol. The zero-order valence-electron chi connectivity index (χ0n) is 13.9. The molecule has 2 saturated heterocycles. The lowest BCUT2D eigenvalue weighted by Gasteiger charge is -2.53. The Morgan fingerprint density at radius 3 is 2.52 bits per heavy atom. The minimum atomic E-state index is -4.30. The van der Waals surface area contributed by atoms with E-state index < -0.39 is 32.4 Å². The molecule has 9 heteroatoms. The number of hydrogen-bond acceptors (Lipinski definition) is 4. The molecule has 0 aliphatic carbocycles. The number of fused-ring (bicyclic) bond motifs is 1. The molecule has 140 valence electrons. The van der Waals surface area contributed by atoms with E-state index in [0.29, 0.717) is 12.5 Å². The highest BCUT2D eigenvalue weighted by Crippen LogP contribution is 2.42. The van der Waals surface area contributed by atoms with Gasteiger partial charge in [-0.1, -0.05) is 0 Å². The molecular formula is C16H21F3N2O3S. The first kappa shape index (κ1) is 18.6. The van der Waals surface area contributed by atoms with Gasteiger partial charge in [-0.3, -0.25) is 0 Å². The van der Waals surface area contributed by atoms with Crippen LogP contribution >= 0.6 is 0 Å². The van der Waals surface area contributed by atoms with Crippen LogP contribution in [0.25, 0.3) is 0 Å². The van der Waals surface area contributed by atoms with Crippen molar-refractivity contribution < 1.29 is 26.7 Å². The van der Waals surface area contributed by atoms with Gasteiger partial charge in [-0.15, -0.1) is 0 Å². The molecule has 25 heavy (non-hydrogen) atoms. The van der Waals surface area contributed by atoms with Crippen molar-refractivity contribution in [3.63, 3.8) is 0 Å². The topological polar surface area (TPSA) is 60.9 Å². The number of hydrogen-bond donors (Lipinski definition) is 1. The van der Waals surface area contributed by atoms with Gasteiger partial charge in [-0.25, -0.2) is 21.6 Å². The predicted octanol–water partition coefficient (Wildman–Crippen LogP) is 1.57. The van der Waals surface area contributed by atoms with Crippen LogP contribution in [0, 0.1) is 22.9 Å². The molecular weight excluding hydrogens is 357 g/mol. The summed E-state index contributed by atoms with van der Waals surface area (Å²) in [5.74, 6) is -4.15. The van der Waals surface area contributed by atoms with Crippen LogP contribution in [0.2, 0.25) is 0 Å². The van der Waals surface area contributed by atoms with Gasteiger partial charge in [-0.2, -0.15) is 4.31 Å². The quantitative estimate of drug-likeness (QED) is 0.812. The highest BCUT2D eigenvalue weighted by Gasteiger charge is 2.49. The van der Waals surface area contributed by atoms with Crippen molar-refractivity contribution in [2.24, 2.45) is 5.41 Å². The van der Waals surface area contributed by atoms with Gasteiger partial charge in [0.1, 0.15) is 10.7 Å². The Morgan fingerprint density at radius 1 is 1.16 bits per heavy atom. The van der Waals surface area contributed by atoms with E-state index in [1.807, 2.05) is 11.9 Å². The van der Waals surface area contributed by atoms with E-state index in [0.717, 1.165) is 23.7 Å². The summed E-state index contributed by atoms with van der Waals surface area (Å²) >= 11 is 0. The molecule has 2 aliphatic heterocycles. The molecule has 2 aliphatic rings. The maximum atomic E-state index is 14.0. The van der Waals surface area contributed by atoms with Crippen LogP contribution in [0.15, 0.2) is 17.0 Å². The molecule has 1 aromatic carbocycles. The van der Waals surface area contributed by atoms with E-state index in [9.17, 15) is 26.7 Å². The normalized spacial score (nSPS) is 28.8. The number of piperidine rings is 2. The molecule has 0 amide bonds. The van der Waals surface area contributed by atoms with E-state index in [1.165, 1.54) is 0 Å². The summed E-state index contributed by atoms with van der Waals surface area (Å²) in [5.41, 5.74) is -0.383. The Bertz CT molecular complexity index is 774. The van der Waals surface area contributed by atoms with Crippen LogP contribution in [0.1, 0.15) is 19.3 Å². The zero-order chi connectivity index (χ0) is 18.4. The molecule has 1 N–H and O–H groups in total. The van der Waals surface area contributed by atoms with Crippen molar-refractivity contribution in [2.45, 2.75) is 30.2 Å². The van der Waals surface area contributed by atoms with Crippen LogP contribution in [0.5, 0.6) is 0 Å². The summed E-state index contributed by atoms with van der Waals surface area (Å²) < 4.78 is 67.1. The van der Waals surface area contributed by atoms with Crippen LogP contribution in [-0.4, -0.2) is 62.1 Å². The van der Waals surface area contributed by atoms with Crippen molar-refractivity contribution in [2.75, 3.05) is 33.3 Å². The van der Waals surface area contributed by atoms with Gasteiger partial charge in [-0.05, 0) is 38.9 Å². The molecule has 3 rings (SSSR count). The fourth-order valence-corrected chi connectivity index (χ4v) is 5.55. The molecule has 0 aromatic heterocycles. The fraction of sp³-hybridized carbons (Fsp3) is 0.625. The molecule has 5 nitrogen and oxygen atoms in total. The Labute approximate surface area is 145 Å². The van der Waals surface area contributed by atoms with Gasteiger partial charge in [0.15, 0.2) is 11.6 Å². The smallest absolute Gasteiger partial charge is 0.246 e. The molecule has 0 unspecified atom stereocenters. The van der Waals surface area contributed by atoms with Crippen molar-refractivity contribution in [1.82, 2.24) is 9.21 Å². The third-order valence-electron chi connectivity index (χ3n) is 5.57. The van der Waals surface area contributed by atoms with E-state index in [4.69, 9.17) is 0 Å². The summed E-state index contributed by atoms with van der Waals surface area (Å²) in [7, 11) is -2.43. The molecule has 0 spiro atoms. The van der Waals surface area contributed by atoms with Gasteiger partial charge >= 0.3 is 0 Å². The molecule has 2 atom stereocenters. The number of nitrogens with zero attached hydrogens (tertiary/aromatic N) is 2. The van der Waals surface area contributed by atoms with E-state index in [2.05, 4.69) is 0 Å². The number of likely N-dealkylation sites (N-methyl/N-ethyl adjacent to an activating group) is 1. The number of aliphatic hydroxyl groups is 1. The first-order valence-corrected chi connectivity index (χ1v) is 9.61. The number of aliphatic hydroxyl groups excluding tert-OH is 1. The molecule has 1 aromatic rings.